The first-order valence-electron chi connectivity index (χ1n) is 9.20. The van der Waals surface area contributed by atoms with Gasteiger partial charge in [-0.1, -0.05) is 37.3 Å². The Balaban J connectivity index is 1.72. The summed E-state index contributed by atoms with van der Waals surface area (Å²) in [5, 5.41) is 12.0. The second-order valence-corrected chi connectivity index (χ2v) is 7.61. The Kier molecular flexibility index (Phi) is 7.17. The van der Waals surface area contributed by atoms with Gasteiger partial charge < -0.3 is 15.2 Å². The highest BCUT2D eigenvalue weighted by atomic mass is 16.5. The maximum Gasteiger partial charge on any atom is 0.317 e. The quantitative estimate of drug-likeness (QED) is 0.668. The molecule has 0 bridgehead atoms. The Hall–Kier alpha value is -1.92. The molecule has 1 aromatic carbocycles. The zero-order chi connectivity index (χ0) is 19.2. The molecule has 0 atom stereocenters. The summed E-state index contributed by atoms with van der Waals surface area (Å²) in [6.07, 6.45) is 1.60. The van der Waals surface area contributed by atoms with Crippen molar-refractivity contribution < 1.29 is 19.4 Å². The molecule has 0 unspecified atom stereocenters. The number of amides is 1. The third-order valence-electron chi connectivity index (χ3n) is 4.90. The number of hydrogen-bond donors (Lipinski definition) is 2. The molecule has 6 heteroatoms. The molecule has 0 radical (unpaired) electrons. The van der Waals surface area contributed by atoms with Gasteiger partial charge in [0.05, 0.1) is 25.2 Å². The van der Waals surface area contributed by atoms with Gasteiger partial charge >= 0.3 is 5.97 Å². The molecule has 26 heavy (non-hydrogen) atoms. The molecule has 1 amide bonds. The number of likely N-dealkylation sites (N-methyl/N-ethyl adjacent to an activating group) is 1. The standard InChI is InChI=1S/C20H30N2O4/c1-4-22(12-18(23)24)17-10-16(11-17)21-19(25)20(2,3)14-26-13-15-8-6-5-7-9-15/h5-9,16-17H,4,10-14H2,1-3H3,(H,21,25)(H,23,24). The van der Waals surface area contributed by atoms with Crippen LogP contribution in [0.5, 0.6) is 0 Å². The first-order chi connectivity index (χ1) is 12.3. The third kappa shape index (κ3) is 5.81. The number of aliphatic carboxylic acids is 1. The van der Waals surface area contributed by atoms with Gasteiger partial charge in [-0.2, -0.15) is 0 Å². The van der Waals surface area contributed by atoms with Crippen molar-refractivity contribution in [2.24, 2.45) is 5.41 Å². The predicted molar refractivity (Wildman–Crippen MR) is 99.7 cm³/mol. The molecular weight excluding hydrogens is 332 g/mol. The van der Waals surface area contributed by atoms with Gasteiger partial charge in [0.1, 0.15) is 0 Å². The van der Waals surface area contributed by atoms with Gasteiger partial charge in [0.25, 0.3) is 0 Å². The van der Waals surface area contributed by atoms with E-state index in [2.05, 4.69) is 5.32 Å². The van der Waals surface area contributed by atoms with E-state index in [0.717, 1.165) is 18.4 Å². The van der Waals surface area contributed by atoms with Crippen molar-refractivity contribution in [3.63, 3.8) is 0 Å². The van der Waals surface area contributed by atoms with Gasteiger partial charge in [-0.15, -0.1) is 0 Å². The van der Waals surface area contributed by atoms with Gasteiger partial charge in [0.2, 0.25) is 5.91 Å². The second kappa shape index (κ2) is 9.14. The molecule has 0 heterocycles. The lowest BCUT2D eigenvalue weighted by Gasteiger charge is -2.43. The largest absolute Gasteiger partial charge is 0.480 e. The lowest BCUT2D eigenvalue weighted by molar-refractivity contribution is -0.140. The van der Waals surface area contributed by atoms with Gasteiger partial charge in [0.15, 0.2) is 0 Å². The minimum absolute atomic E-state index is 0.0182. The number of ether oxygens (including phenoxy) is 1. The van der Waals surface area contributed by atoms with Crippen LogP contribution in [0.3, 0.4) is 0 Å². The molecule has 0 saturated heterocycles. The highest BCUT2D eigenvalue weighted by Gasteiger charge is 2.37. The Labute approximate surface area is 155 Å². The fourth-order valence-electron chi connectivity index (χ4n) is 3.12. The Morgan fingerprint density at radius 3 is 2.50 bits per heavy atom. The zero-order valence-electron chi connectivity index (χ0n) is 15.9. The van der Waals surface area contributed by atoms with Crippen molar-refractivity contribution in [1.82, 2.24) is 10.2 Å². The van der Waals surface area contributed by atoms with Gasteiger partial charge in [-0.05, 0) is 38.8 Å². The maximum atomic E-state index is 12.5. The number of rotatable bonds is 10. The molecule has 1 saturated carbocycles. The average Bonchev–Trinajstić information content (AvgIpc) is 2.56. The molecule has 6 nitrogen and oxygen atoms in total. The minimum Gasteiger partial charge on any atom is -0.480 e. The number of nitrogens with zero attached hydrogens (tertiary/aromatic N) is 1. The normalized spacial score (nSPS) is 19.8. The van der Waals surface area contributed by atoms with Crippen LogP contribution in [0.25, 0.3) is 0 Å². The summed E-state index contributed by atoms with van der Waals surface area (Å²) in [6, 6.07) is 10.2. The summed E-state index contributed by atoms with van der Waals surface area (Å²) < 4.78 is 5.73. The van der Waals surface area contributed by atoms with Gasteiger partial charge in [-0.3, -0.25) is 14.5 Å². The van der Waals surface area contributed by atoms with Crippen LogP contribution in [0.1, 0.15) is 39.2 Å². The van der Waals surface area contributed by atoms with Crippen LogP contribution in [0, 0.1) is 5.41 Å². The summed E-state index contributed by atoms with van der Waals surface area (Å²) in [7, 11) is 0. The summed E-state index contributed by atoms with van der Waals surface area (Å²) in [6.45, 7) is 7.32. The van der Waals surface area contributed by atoms with E-state index in [4.69, 9.17) is 9.84 Å². The molecular formula is C20H30N2O4. The van der Waals surface area contributed by atoms with E-state index < -0.39 is 11.4 Å². The van der Waals surface area contributed by atoms with E-state index in [0.29, 0.717) is 19.8 Å². The third-order valence-corrected chi connectivity index (χ3v) is 4.90. The molecule has 2 rings (SSSR count). The van der Waals surface area contributed by atoms with E-state index in [1.165, 1.54) is 0 Å². The highest BCUT2D eigenvalue weighted by molar-refractivity contribution is 5.82. The number of carboxylic acid groups (broad SMARTS) is 1. The number of hydrogen-bond acceptors (Lipinski definition) is 4. The van der Waals surface area contributed by atoms with Crippen molar-refractivity contribution >= 4 is 11.9 Å². The Morgan fingerprint density at radius 2 is 1.92 bits per heavy atom. The van der Waals surface area contributed by atoms with Crippen LogP contribution in [0.15, 0.2) is 30.3 Å². The number of nitrogens with one attached hydrogen (secondary N) is 1. The van der Waals surface area contributed by atoms with Crippen molar-refractivity contribution in [3.05, 3.63) is 35.9 Å². The number of carbonyl (C=O) groups is 2. The average molecular weight is 362 g/mol. The molecule has 0 aliphatic heterocycles. The maximum absolute atomic E-state index is 12.5. The molecule has 0 spiro atoms. The van der Waals surface area contributed by atoms with E-state index in [1.807, 2.05) is 56.0 Å². The molecule has 1 aliphatic carbocycles. The topological polar surface area (TPSA) is 78.9 Å². The Bertz CT molecular complexity index is 597. The highest BCUT2D eigenvalue weighted by Crippen LogP contribution is 2.27. The van der Waals surface area contributed by atoms with Crippen LogP contribution < -0.4 is 5.32 Å². The molecule has 1 aliphatic rings. The predicted octanol–water partition coefficient (Wildman–Crippen LogP) is 2.28. The summed E-state index contributed by atoms with van der Waals surface area (Å²) in [5.74, 6) is -0.827. The summed E-state index contributed by atoms with van der Waals surface area (Å²) >= 11 is 0. The van der Waals surface area contributed by atoms with Crippen LogP contribution in [0.4, 0.5) is 0 Å². The summed E-state index contributed by atoms with van der Waals surface area (Å²) in [4.78, 5) is 25.4. The van der Waals surface area contributed by atoms with Crippen molar-refractivity contribution in [2.75, 3.05) is 19.7 Å². The molecule has 2 N–H and O–H groups in total. The smallest absolute Gasteiger partial charge is 0.317 e. The van der Waals surface area contributed by atoms with Crippen LogP contribution in [-0.4, -0.2) is 53.7 Å². The van der Waals surface area contributed by atoms with Crippen LogP contribution in [-0.2, 0) is 20.9 Å². The monoisotopic (exact) mass is 362 g/mol. The van der Waals surface area contributed by atoms with E-state index in [1.54, 1.807) is 0 Å². The molecule has 144 valence electrons. The molecule has 1 fully saturated rings. The lowest BCUT2D eigenvalue weighted by atomic mass is 9.83. The van der Waals surface area contributed by atoms with E-state index in [9.17, 15) is 9.59 Å². The lowest BCUT2D eigenvalue weighted by Crippen LogP contribution is -2.56. The Morgan fingerprint density at radius 1 is 1.27 bits per heavy atom. The fourth-order valence-corrected chi connectivity index (χ4v) is 3.12. The van der Waals surface area contributed by atoms with Gasteiger partial charge in [0, 0.05) is 12.1 Å². The van der Waals surface area contributed by atoms with Crippen molar-refractivity contribution in [1.29, 1.82) is 0 Å². The zero-order valence-corrected chi connectivity index (χ0v) is 15.9. The molecule has 1 aromatic rings. The van der Waals surface area contributed by atoms with Crippen molar-refractivity contribution in [2.45, 2.75) is 52.3 Å². The fraction of sp³-hybridized carbons (Fsp3) is 0.600. The van der Waals surface area contributed by atoms with E-state index >= 15 is 0 Å². The first kappa shape index (κ1) is 20.4. The number of carboxylic acids is 1. The minimum atomic E-state index is -0.809. The first-order valence-corrected chi connectivity index (χ1v) is 9.20. The number of carbonyl (C=O) groups excluding carboxylic acids is 1. The SMILES string of the molecule is CCN(CC(=O)O)C1CC(NC(=O)C(C)(C)COCc2ccccc2)C1. The van der Waals surface area contributed by atoms with Crippen LogP contribution in [0.2, 0.25) is 0 Å². The second-order valence-electron chi connectivity index (χ2n) is 7.61. The number of benzene rings is 1. The summed E-state index contributed by atoms with van der Waals surface area (Å²) in [5.41, 5.74) is 0.481. The van der Waals surface area contributed by atoms with E-state index in [-0.39, 0.29) is 24.5 Å². The van der Waals surface area contributed by atoms with Gasteiger partial charge in [-0.25, -0.2) is 0 Å². The van der Waals surface area contributed by atoms with Crippen LogP contribution >= 0.6 is 0 Å². The van der Waals surface area contributed by atoms with Crippen molar-refractivity contribution in [3.8, 4) is 0 Å². The molecule has 0 aromatic heterocycles.